The molecule has 1 aromatic carbocycles. The Morgan fingerprint density at radius 1 is 1.22 bits per heavy atom. The molecule has 2 rings (SSSR count). The lowest BCUT2D eigenvalue weighted by molar-refractivity contribution is 1.08. The molecule has 1 aromatic heterocycles. The van der Waals surface area contributed by atoms with Crippen molar-refractivity contribution in [3.63, 3.8) is 0 Å². The van der Waals surface area contributed by atoms with Crippen LogP contribution in [0.25, 0.3) is 0 Å². The van der Waals surface area contributed by atoms with Crippen LogP contribution in [0, 0.1) is 25.2 Å². The molecular formula is C15H15N3. The molecule has 0 amide bonds. The fourth-order valence-corrected chi connectivity index (χ4v) is 1.79. The number of hydrogen-bond acceptors (Lipinski definition) is 3. The highest BCUT2D eigenvalue weighted by Gasteiger charge is 2.03. The van der Waals surface area contributed by atoms with Gasteiger partial charge in [-0.1, -0.05) is 29.8 Å². The molecule has 0 saturated heterocycles. The maximum Gasteiger partial charge on any atom is 0.144 e. The van der Waals surface area contributed by atoms with Gasteiger partial charge in [0.1, 0.15) is 11.9 Å². The van der Waals surface area contributed by atoms with Crippen LogP contribution in [-0.4, -0.2) is 4.98 Å². The fourth-order valence-electron chi connectivity index (χ4n) is 1.79. The first kappa shape index (κ1) is 12.1. The van der Waals surface area contributed by atoms with E-state index in [-0.39, 0.29) is 0 Å². The van der Waals surface area contributed by atoms with Gasteiger partial charge in [-0.2, -0.15) is 5.26 Å². The summed E-state index contributed by atoms with van der Waals surface area (Å²) >= 11 is 0. The molecule has 0 saturated carbocycles. The summed E-state index contributed by atoms with van der Waals surface area (Å²) in [4.78, 5) is 4.35. The predicted molar refractivity (Wildman–Crippen MR) is 72.2 cm³/mol. The molecule has 0 spiro atoms. The predicted octanol–water partition coefficient (Wildman–Crippen LogP) is 3.18. The minimum atomic E-state index is 0.577. The zero-order valence-corrected chi connectivity index (χ0v) is 10.6. The van der Waals surface area contributed by atoms with Gasteiger partial charge in [-0.05, 0) is 31.5 Å². The van der Waals surface area contributed by atoms with Gasteiger partial charge in [-0.15, -0.1) is 0 Å². The molecule has 0 aliphatic heterocycles. The lowest BCUT2D eigenvalue weighted by Crippen LogP contribution is -2.04. The minimum absolute atomic E-state index is 0.577. The van der Waals surface area contributed by atoms with Gasteiger partial charge < -0.3 is 5.32 Å². The van der Waals surface area contributed by atoms with E-state index in [0.29, 0.717) is 17.9 Å². The highest BCUT2D eigenvalue weighted by Crippen LogP contribution is 2.14. The maximum atomic E-state index is 9.02. The highest BCUT2D eigenvalue weighted by molar-refractivity contribution is 5.52. The Morgan fingerprint density at radius 3 is 2.78 bits per heavy atom. The molecule has 0 unspecified atom stereocenters. The number of aromatic nitrogens is 1. The Hall–Kier alpha value is -2.34. The molecule has 18 heavy (non-hydrogen) atoms. The number of aryl methyl sites for hydroxylation is 2. The van der Waals surface area contributed by atoms with Crippen molar-refractivity contribution in [2.75, 3.05) is 5.32 Å². The van der Waals surface area contributed by atoms with E-state index in [4.69, 9.17) is 5.26 Å². The number of nitriles is 1. The lowest BCUT2D eigenvalue weighted by atomic mass is 10.1. The average Bonchev–Trinajstić information content (AvgIpc) is 2.37. The fraction of sp³-hybridized carbons (Fsp3) is 0.200. The summed E-state index contributed by atoms with van der Waals surface area (Å²) < 4.78 is 0. The summed E-state index contributed by atoms with van der Waals surface area (Å²) in [6.45, 7) is 4.65. The molecule has 0 fully saturated rings. The van der Waals surface area contributed by atoms with Crippen molar-refractivity contribution in [2.24, 2.45) is 0 Å². The van der Waals surface area contributed by atoms with Gasteiger partial charge in [0.05, 0.1) is 5.56 Å². The third-order valence-electron chi connectivity index (χ3n) is 2.70. The molecule has 1 N–H and O–H groups in total. The van der Waals surface area contributed by atoms with Crippen LogP contribution >= 0.6 is 0 Å². The van der Waals surface area contributed by atoms with Gasteiger partial charge in [-0.25, -0.2) is 4.98 Å². The Kier molecular flexibility index (Phi) is 3.59. The summed E-state index contributed by atoms with van der Waals surface area (Å²) in [7, 11) is 0. The smallest absolute Gasteiger partial charge is 0.144 e. The van der Waals surface area contributed by atoms with Gasteiger partial charge in [0.25, 0.3) is 0 Å². The average molecular weight is 237 g/mol. The van der Waals surface area contributed by atoms with Crippen LogP contribution in [0.1, 0.15) is 22.4 Å². The zero-order valence-electron chi connectivity index (χ0n) is 10.6. The number of rotatable bonds is 3. The summed E-state index contributed by atoms with van der Waals surface area (Å²) in [5.41, 5.74) is 3.89. The van der Waals surface area contributed by atoms with E-state index in [1.807, 2.05) is 19.1 Å². The van der Waals surface area contributed by atoms with E-state index in [1.54, 1.807) is 6.07 Å². The van der Waals surface area contributed by atoms with Crippen LogP contribution < -0.4 is 5.32 Å². The Morgan fingerprint density at radius 2 is 2.06 bits per heavy atom. The molecule has 0 bridgehead atoms. The molecule has 3 nitrogen and oxygen atoms in total. The third-order valence-corrected chi connectivity index (χ3v) is 2.70. The third kappa shape index (κ3) is 2.86. The van der Waals surface area contributed by atoms with E-state index in [9.17, 15) is 0 Å². The maximum absolute atomic E-state index is 9.02. The van der Waals surface area contributed by atoms with Crippen molar-refractivity contribution in [1.29, 1.82) is 5.26 Å². The van der Waals surface area contributed by atoms with Crippen molar-refractivity contribution in [3.05, 3.63) is 58.8 Å². The van der Waals surface area contributed by atoms with E-state index in [2.05, 4.69) is 41.5 Å². The minimum Gasteiger partial charge on any atom is -0.365 e. The molecule has 1 heterocycles. The topological polar surface area (TPSA) is 48.7 Å². The molecule has 2 aromatic rings. The van der Waals surface area contributed by atoms with Crippen molar-refractivity contribution >= 4 is 5.82 Å². The van der Waals surface area contributed by atoms with E-state index < -0.39 is 0 Å². The first-order valence-electron chi connectivity index (χ1n) is 5.86. The van der Waals surface area contributed by atoms with Crippen LogP contribution in [0.2, 0.25) is 0 Å². The van der Waals surface area contributed by atoms with Crippen LogP contribution in [-0.2, 0) is 6.54 Å². The summed E-state index contributed by atoms with van der Waals surface area (Å²) in [5.74, 6) is 0.652. The number of anilines is 1. The van der Waals surface area contributed by atoms with Crippen LogP contribution in [0.5, 0.6) is 0 Å². The van der Waals surface area contributed by atoms with E-state index in [0.717, 1.165) is 5.69 Å². The second kappa shape index (κ2) is 5.33. The largest absolute Gasteiger partial charge is 0.365 e. The van der Waals surface area contributed by atoms with Crippen molar-refractivity contribution in [1.82, 2.24) is 4.98 Å². The highest BCUT2D eigenvalue weighted by atomic mass is 15.0. The Labute approximate surface area is 107 Å². The van der Waals surface area contributed by atoms with E-state index >= 15 is 0 Å². The van der Waals surface area contributed by atoms with E-state index in [1.165, 1.54) is 11.1 Å². The zero-order chi connectivity index (χ0) is 13.0. The second-order valence-electron chi connectivity index (χ2n) is 4.30. The number of benzene rings is 1. The van der Waals surface area contributed by atoms with Gasteiger partial charge in [0.2, 0.25) is 0 Å². The lowest BCUT2D eigenvalue weighted by Gasteiger charge is -2.08. The number of nitrogens with one attached hydrogen (secondary N) is 1. The molecule has 0 atom stereocenters. The first-order chi connectivity index (χ1) is 8.69. The number of pyridine rings is 1. The first-order valence-corrected chi connectivity index (χ1v) is 5.86. The monoisotopic (exact) mass is 237 g/mol. The van der Waals surface area contributed by atoms with Gasteiger partial charge in [0.15, 0.2) is 0 Å². The van der Waals surface area contributed by atoms with Gasteiger partial charge in [-0.3, -0.25) is 0 Å². The van der Waals surface area contributed by atoms with Crippen LogP contribution in [0.3, 0.4) is 0 Å². The van der Waals surface area contributed by atoms with Crippen LogP contribution in [0.4, 0.5) is 5.82 Å². The Bertz CT molecular complexity index is 597. The second-order valence-corrected chi connectivity index (χ2v) is 4.30. The number of nitrogens with zero attached hydrogens (tertiary/aromatic N) is 2. The molecule has 3 heteroatoms. The van der Waals surface area contributed by atoms with Crippen molar-refractivity contribution < 1.29 is 0 Å². The normalized spacial score (nSPS) is 9.83. The summed E-state index contributed by atoms with van der Waals surface area (Å²) in [6.07, 6.45) is 0. The SMILES string of the molecule is Cc1cccc(CNc2nc(C)ccc2C#N)c1. The quantitative estimate of drug-likeness (QED) is 0.891. The van der Waals surface area contributed by atoms with Crippen molar-refractivity contribution in [3.8, 4) is 6.07 Å². The molecular weight excluding hydrogens is 222 g/mol. The van der Waals surface area contributed by atoms with Gasteiger partial charge >= 0.3 is 0 Å². The molecule has 0 aliphatic carbocycles. The molecule has 0 radical (unpaired) electrons. The van der Waals surface area contributed by atoms with Crippen LogP contribution in [0.15, 0.2) is 36.4 Å². The molecule has 0 aliphatic rings. The standard InChI is InChI=1S/C15H15N3/c1-11-4-3-5-13(8-11)10-17-15-14(9-16)7-6-12(2)18-15/h3-8H,10H2,1-2H3,(H,17,18). The summed E-state index contributed by atoms with van der Waals surface area (Å²) in [5, 5.41) is 12.2. The Balaban J connectivity index is 2.15. The van der Waals surface area contributed by atoms with Gasteiger partial charge in [0, 0.05) is 12.2 Å². The molecule has 90 valence electrons. The number of hydrogen-bond donors (Lipinski definition) is 1. The van der Waals surface area contributed by atoms with Crippen molar-refractivity contribution in [2.45, 2.75) is 20.4 Å². The summed E-state index contributed by atoms with van der Waals surface area (Å²) in [6, 6.07) is 14.1.